The Labute approximate surface area is 129 Å². The van der Waals surface area contributed by atoms with E-state index in [2.05, 4.69) is 54.8 Å². The van der Waals surface area contributed by atoms with E-state index < -0.39 is 0 Å². The van der Waals surface area contributed by atoms with E-state index in [1.165, 1.54) is 0 Å². The van der Waals surface area contributed by atoms with Gasteiger partial charge in [0.25, 0.3) is 0 Å². The maximum atomic E-state index is 4.58. The summed E-state index contributed by atoms with van der Waals surface area (Å²) < 4.78 is 0. The van der Waals surface area contributed by atoms with Crippen molar-refractivity contribution >= 4 is 0 Å². The van der Waals surface area contributed by atoms with E-state index in [1.54, 1.807) is 0 Å². The van der Waals surface area contributed by atoms with E-state index in [1.807, 2.05) is 19.2 Å². The van der Waals surface area contributed by atoms with Crippen LogP contribution in [0.4, 0.5) is 0 Å². The van der Waals surface area contributed by atoms with E-state index in [0.717, 1.165) is 31.2 Å². The van der Waals surface area contributed by atoms with Crippen LogP contribution in [0.25, 0.3) is 0 Å². The third-order valence-corrected chi connectivity index (χ3v) is 4.47. The topological polar surface area (TPSA) is 41.1 Å². The second-order valence-electron chi connectivity index (χ2n) is 7.66. The van der Waals surface area contributed by atoms with E-state index in [-0.39, 0.29) is 5.41 Å². The SMILES string of the molecule is Cc1nccc(CN2CC(C(C)(C)C)NCC2C(C)C)n1. The predicted octanol–water partition coefficient (Wildman–Crippen LogP) is 2.63. The minimum atomic E-state index is 0.280. The Morgan fingerprint density at radius 3 is 2.67 bits per heavy atom. The molecule has 118 valence electrons. The van der Waals surface area contributed by atoms with E-state index in [9.17, 15) is 0 Å². The first-order valence-electron chi connectivity index (χ1n) is 8.03. The van der Waals surface area contributed by atoms with Crippen molar-refractivity contribution in [2.24, 2.45) is 11.3 Å². The monoisotopic (exact) mass is 290 g/mol. The number of aromatic nitrogens is 2. The maximum absolute atomic E-state index is 4.58. The largest absolute Gasteiger partial charge is 0.311 e. The maximum Gasteiger partial charge on any atom is 0.125 e. The molecule has 0 spiro atoms. The summed E-state index contributed by atoms with van der Waals surface area (Å²) in [5.74, 6) is 1.50. The van der Waals surface area contributed by atoms with Crippen LogP contribution in [-0.4, -0.2) is 40.0 Å². The Hall–Kier alpha value is -1.00. The van der Waals surface area contributed by atoms with Gasteiger partial charge in [-0.3, -0.25) is 4.90 Å². The molecule has 21 heavy (non-hydrogen) atoms. The Bertz CT molecular complexity index is 464. The Balaban J connectivity index is 2.14. The van der Waals surface area contributed by atoms with Crippen LogP contribution in [0.1, 0.15) is 46.1 Å². The molecule has 0 bridgehead atoms. The normalized spacial score (nSPS) is 24.5. The van der Waals surface area contributed by atoms with Gasteiger partial charge in [0.15, 0.2) is 0 Å². The second kappa shape index (κ2) is 6.41. The van der Waals surface area contributed by atoms with Crippen LogP contribution < -0.4 is 5.32 Å². The fourth-order valence-electron chi connectivity index (χ4n) is 3.05. The summed E-state index contributed by atoms with van der Waals surface area (Å²) in [6.07, 6.45) is 1.87. The van der Waals surface area contributed by atoms with Gasteiger partial charge in [0.05, 0.1) is 5.69 Å². The molecule has 0 aliphatic carbocycles. The molecule has 0 radical (unpaired) electrons. The Kier molecular flexibility index (Phi) is 4.99. The van der Waals surface area contributed by atoms with Crippen LogP contribution in [0.15, 0.2) is 12.3 Å². The van der Waals surface area contributed by atoms with Gasteiger partial charge in [-0.2, -0.15) is 0 Å². The van der Waals surface area contributed by atoms with Crippen molar-refractivity contribution in [3.8, 4) is 0 Å². The van der Waals surface area contributed by atoms with Crippen molar-refractivity contribution in [3.63, 3.8) is 0 Å². The number of piperazine rings is 1. The number of nitrogens with one attached hydrogen (secondary N) is 1. The third-order valence-electron chi connectivity index (χ3n) is 4.47. The van der Waals surface area contributed by atoms with Gasteiger partial charge < -0.3 is 5.32 Å². The van der Waals surface area contributed by atoms with Crippen molar-refractivity contribution in [2.45, 2.75) is 60.2 Å². The average Bonchev–Trinajstić information content (AvgIpc) is 2.37. The third kappa shape index (κ3) is 4.24. The van der Waals surface area contributed by atoms with Gasteiger partial charge in [0, 0.05) is 37.9 Å². The number of rotatable bonds is 3. The number of nitrogens with zero attached hydrogens (tertiary/aromatic N) is 3. The summed E-state index contributed by atoms with van der Waals surface area (Å²) in [5.41, 5.74) is 1.41. The van der Waals surface area contributed by atoms with Crippen molar-refractivity contribution in [3.05, 3.63) is 23.8 Å². The van der Waals surface area contributed by atoms with Gasteiger partial charge in [-0.05, 0) is 24.3 Å². The molecule has 2 unspecified atom stereocenters. The molecular weight excluding hydrogens is 260 g/mol. The highest BCUT2D eigenvalue weighted by atomic mass is 15.2. The molecule has 4 nitrogen and oxygen atoms in total. The summed E-state index contributed by atoms with van der Waals surface area (Å²) in [5, 5.41) is 3.74. The van der Waals surface area contributed by atoms with E-state index in [4.69, 9.17) is 0 Å². The molecule has 2 heterocycles. The molecule has 2 rings (SSSR count). The molecule has 0 saturated carbocycles. The lowest BCUT2D eigenvalue weighted by Gasteiger charge is -2.46. The van der Waals surface area contributed by atoms with Gasteiger partial charge in [0.2, 0.25) is 0 Å². The predicted molar refractivity (Wildman–Crippen MR) is 87.1 cm³/mol. The number of hydrogen-bond acceptors (Lipinski definition) is 4. The Morgan fingerprint density at radius 2 is 2.10 bits per heavy atom. The van der Waals surface area contributed by atoms with E-state index in [0.29, 0.717) is 18.0 Å². The number of aryl methyl sites for hydroxylation is 1. The summed E-state index contributed by atoms with van der Waals surface area (Å²) in [6.45, 7) is 16.6. The average molecular weight is 290 g/mol. The standard InChI is InChI=1S/C17H30N4/c1-12(2)15-9-19-16(17(4,5)6)11-21(15)10-14-7-8-18-13(3)20-14/h7-8,12,15-16,19H,9-11H2,1-6H3. The molecule has 1 aromatic rings. The zero-order valence-electron chi connectivity index (χ0n) is 14.3. The first-order valence-corrected chi connectivity index (χ1v) is 8.03. The molecule has 0 amide bonds. The molecule has 1 aromatic heterocycles. The first kappa shape index (κ1) is 16.4. The molecule has 4 heteroatoms. The lowest BCUT2D eigenvalue weighted by Crippen LogP contribution is -2.61. The second-order valence-corrected chi connectivity index (χ2v) is 7.66. The van der Waals surface area contributed by atoms with Crippen molar-refractivity contribution in [1.82, 2.24) is 20.2 Å². The highest BCUT2D eigenvalue weighted by Gasteiger charge is 2.35. The summed E-state index contributed by atoms with van der Waals surface area (Å²) in [6, 6.07) is 3.13. The fourth-order valence-corrected chi connectivity index (χ4v) is 3.05. The molecule has 1 fully saturated rings. The number of hydrogen-bond donors (Lipinski definition) is 1. The van der Waals surface area contributed by atoms with Gasteiger partial charge in [-0.15, -0.1) is 0 Å². The minimum Gasteiger partial charge on any atom is -0.311 e. The lowest BCUT2D eigenvalue weighted by atomic mass is 9.83. The molecule has 0 aromatic carbocycles. The van der Waals surface area contributed by atoms with Gasteiger partial charge in [-0.1, -0.05) is 34.6 Å². The van der Waals surface area contributed by atoms with Crippen LogP contribution in [0.3, 0.4) is 0 Å². The van der Waals surface area contributed by atoms with Crippen LogP contribution in [-0.2, 0) is 6.54 Å². The highest BCUT2D eigenvalue weighted by Crippen LogP contribution is 2.26. The van der Waals surface area contributed by atoms with Crippen LogP contribution in [0.5, 0.6) is 0 Å². The molecule has 2 atom stereocenters. The van der Waals surface area contributed by atoms with Crippen molar-refractivity contribution in [2.75, 3.05) is 13.1 Å². The molecule has 1 N–H and O–H groups in total. The van der Waals surface area contributed by atoms with E-state index >= 15 is 0 Å². The summed E-state index contributed by atoms with van der Waals surface area (Å²) in [4.78, 5) is 11.4. The van der Waals surface area contributed by atoms with Crippen LogP contribution in [0.2, 0.25) is 0 Å². The quantitative estimate of drug-likeness (QED) is 0.929. The van der Waals surface area contributed by atoms with Crippen molar-refractivity contribution < 1.29 is 0 Å². The van der Waals surface area contributed by atoms with Gasteiger partial charge in [0.1, 0.15) is 5.82 Å². The van der Waals surface area contributed by atoms with Crippen LogP contribution in [0, 0.1) is 18.3 Å². The summed E-state index contributed by atoms with van der Waals surface area (Å²) >= 11 is 0. The highest BCUT2D eigenvalue weighted by molar-refractivity contribution is 5.03. The molecular formula is C17H30N4. The smallest absolute Gasteiger partial charge is 0.125 e. The van der Waals surface area contributed by atoms with Crippen LogP contribution >= 0.6 is 0 Å². The first-order chi connectivity index (χ1) is 9.77. The minimum absolute atomic E-state index is 0.280. The molecule has 1 saturated heterocycles. The lowest BCUT2D eigenvalue weighted by molar-refractivity contribution is 0.0562. The fraction of sp³-hybridized carbons (Fsp3) is 0.765. The van der Waals surface area contributed by atoms with Gasteiger partial charge in [-0.25, -0.2) is 9.97 Å². The summed E-state index contributed by atoms with van der Waals surface area (Å²) in [7, 11) is 0. The zero-order chi connectivity index (χ0) is 15.6. The van der Waals surface area contributed by atoms with Gasteiger partial charge >= 0.3 is 0 Å². The van der Waals surface area contributed by atoms with Crippen molar-refractivity contribution in [1.29, 1.82) is 0 Å². The molecule has 1 aliphatic heterocycles. The Morgan fingerprint density at radius 1 is 1.38 bits per heavy atom. The molecule has 1 aliphatic rings. The zero-order valence-corrected chi connectivity index (χ0v) is 14.3.